The van der Waals surface area contributed by atoms with Gasteiger partial charge in [-0.05, 0) is 55.8 Å². The highest BCUT2D eigenvalue weighted by Gasteiger charge is 2.45. The van der Waals surface area contributed by atoms with Gasteiger partial charge in [0.25, 0.3) is 0 Å². The Labute approximate surface area is 178 Å². The van der Waals surface area contributed by atoms with Crippen molar-refractivity contribution in [2.45, 2.75) is 46.0 Å². The summed E-state index contributed by atoms with van der Waals surface area (Å²) in [5.41, 5.74) is 3.00. The van der Waals surface area contributed by atoms with Crippen molar-refractivity contribution in [3.8, 4) is 5.75 Å². The van der Waals surface area contributed by atoms with E-state index in [9.17, 15) is 4.79 Å². The molecule has 4 nitrogen and oxygen atoms in total. The summed E-state index contributed by atoms with van der Waals surface area (Å²) in [6.07, 6.45) is 1.72. The molecule has 0 saturated heterocycles. The molecular weight excluding hydrogens is 374 g/mol. The van der Waals surface area contributed by atoms with E-state index >= 15 is 0 Å². The van der Waals surface area contributed by atoms with E-state index in [2.05, 4.69) is 38.7 Å². The van der Waals surface area contributed by atoms with Crippen molar-refractivity contribution in [1.29, 1.82) is 0 Å². The van der Waals surface area contributed by atoms with E-state index in [1.165, 1.54) is 0 Å². The molecule has 0 amide bonds. The van der Waals surface area contributed by atoms with E-state index in [0.717, 1.165) is 71.6 Å². The molecule has 0 aliphatic heterocycles. The first-order valence-electron chi connectivity index (χ1n) is 11.2. The third-order valence-corrected chi connectivity index (χ3v) is 6.79. The maximum atomic E-state index is 13.5. The number of carbonyl (C=O) groups excluding carboxylic acids is 1. The Bertz CT molecular complexity index is 1060. The van der Waals surface area contributed by atoms with Gasteiger partial charge in [-0.3, -0.25) is 4.79 Å². The van der Waals surface area contributed by atoms with Crippen LogP contribution in [-0.4, -0.2) is 36.9 Å². The second kappa shape index (κ2) is 8.27. The Hall–Kier alpha value is -2.59. The molecular formula is C26H31NO3. The second-order valence-corrected chi connectivity index (χ2v) is 8.00. The number of rotatable bonds is 8. The number of furan rings is 1. The fourth-order valence-corrected chi connectivity index (χ4v) is 4.86. The Balaban J connectivity index is 1.76. The van der Waals surface area contributed by atoms with E-state index in [4.69, 9.17) is 9.15 Å². The van der Waals surface area contributed by atoms with E-state index < -0.39 is 0 Å². The van der Waals surface area contributed by atoms with Crippen molar-refractivity contribution in [2.75, 3.05) is 26.2 Å². The largest absolute Gasteiger partial charge is 0.492 e. The highest BCUT2D eigenvalue weighted by atomic mass is 16.5. The molecule has 1 aromatic heterocycles. The number of ketones is 1. The summed E-state index contributed by atoms with van der Waals surface area (Å²) in [5.74, 6) is 1.68. The fraction of sp³-hybridized carbons (Fsp3) is 0.423. The molecule has 0 atom stereocenters. The Morgan fingerprint density at radius 1 is 1.00 bits per heavy atom. The number of nitrogens with zero attached hydrogens (tertiary/aromatic N) is 1. The zero-order valence-electron chi connectivity index (χ0n) is 18.5. The molecule has 1 aliphatic carbocycles. The molecule has 0 saturated carbocycles. The quantitative estimate of drug-likeness (QED) is 0.475. The van der Waals surface area contributed by atoms with Gasteiger partial charge < -0.3 is 14.1 Å². The van der Waals surface area contributed by atoms with Crippen LogP contribution in [0.5, 0.6) is 5.75 Å². The van der Waals surface area contributed by atoms with E-state index in [1.807, 2.05) is 36.4 Å². The van der Waals surface area contributed by atoms with Crippen LogP contribution in [-0.2, 0) is 5.41 Å². The summed E-state index contributed by atoms with van der Waals surface area (Å²) < 4.78 is 12.4. The number of hydrogen-bond acceptors (Lipinski definition) is 4. The average Bonchev–Trinajstić information content (AvgIpc) is 3.18. The van der Waals surface area contributed by atoms with Gasteiger partial charge in [-0.2, -0.15) is 0 Å². The van der Waals surface area contributed by atoms with Crippen LogP contribution in [0, 0.1) is 0 Å². The minimum absolute atomic E-state index is 0.0529. The molecule has 0 radical (unpaired) electrons. The zero-order chi connectivity index (χ0) is 21.3. The first-order chi connectivity index (χ1) is 14.6. The smallest absolute Gasteiger partial charge is 0.197 e. The molecule has 1 aliphatic rings. The Kier molecular flexibility index (Phi) is 5.70. The molecule has 2 aromatic carbocycles. The Morgan fingerprint density at radius 3 is 2.43 bits per heavy atom. The van der Waals surface area contributed by atoms with Crippen LogP contribution in [0.1, 0.15) is 67.8 Å². The lowest BCUT2D eigenvalue weighted by molar-refractivity contribution is 0.102. The highest BCUT2D eigenvalue weighted by Crippen LogP contribution is 2.50. The Morgan fingerprint density at radius 2 is 1.73 bits per heavy atom. The maximum absolute atomic E-state index is 13.5. The predicted molar refractivity (Wildman–Crippen MR) is 121 cm³/mol. The van der Waals surface area contributed by atoms with Crippen LogP contribution >= 0.6 is 0 Å². The lowest BCUT2D eigenvalue weighted by Crippen LogP contribution is -2.34. The van der Waals surface area contributed by atoms with Crippen molar-refractivity contribution >= 4 is 16.8 Å². The van der Waals surface area contributed by atoms with Crippen LogP contribution in [0.15, 0.2) is 46.9 Å². The van der Waals surface area contributed by atoms with Gasteiger partial charge in [-0.1, -0.05) is 45.9 Å². The molecule has 0 unspecified atom stereocenters. The molecule has 4 heteroatoms. The van der Waals surface area contributed by atoms with Crippen LogP contribution in [0.4, 0.5) is 0 Å². The van der Waals surface area contributed by atoms with Crippen LogP contribution in [0.25, 0.3) is 11.0 Å². The highest BCUT2D eigenvalue weighted by molar-refractivity contribution is 6.19. The number of carbonyl (C=O) groups is 1. The second-order valence-electron chi connectivity index (χ2n) is 8.00. The zero-order valence-corrected chi connectivity index (χ0v) is 18.5. The summed E-state index contributed by atoms with van der Waals surface area (Å²) in [6.45, 7) is 12.2. The van der Waals surface area contributed by atoms with Gasteiger partial charge in [0.2, 0.25) is 0 Å². The van der Waals surface area contributed by atoms with Crippen molar-refractivity contribution in [2.24, 2.45) is 0 Å². The summed E-state index contributed by atoms with van der Waals surface area (Å²) >= 11 is 0. The van der Waals surface area contributed by atoms with Gasteiger partial charge in [0.05, 0.1) is 11.0 Å². The molecule has 0 spiro atoms. The molecule has 0 N–H and O–H groups in total. The molecule has 4 rings (SSSR count). The molecule has 3 aromatic rings. The van der Waals surface area contributed by atoms with Crippen LogP contribution in [0.2, 0.25) is 0 Å². The third kappa shape index (κ3) is 3.14. The van der Waals surface area contributed by atoms with Gasteiger partial charge in [-0.25, -0.2) is 0 Å². The first kappa shape index (κ1) is 20.7. The van der Waals surface area contributed by atoms with E-state index in [0.29, 0.717) is 6.61 Å². The van der Waals surface area contributed by atoms with Gasteiger partial charge in [0.1, 0.15) is 23.7 Å². The standard InChI is InChI=1S/C26H31NO3/c1-5-26(6-2)21-17-18(29-16-15-27(7-3)8-4)13-14-19(21)24(28)23-20-11-9-10-12-22(20)30-25(23)26/h9-14,17H,5-8,15-16H2,1-4H3. The van der Waals surface area contributed by atoms with Gasteiger partial charge in [-0.15, -0.1) is 0 Å². The normalized spacial score (nSPS) is 14.8. The SMILES string of the molecule is CCN(CC)CCOc1ccc2c(c1)C(CC)(CC)c1oc3ccccc3c1C2=O. The lowest BCUT2D eigenvalue weighted by atomic mass is 9.66. The van der Waals surface area contributed by atoms with Crippen molar-refractivity contribution < 1.29 is 13.9 Å². The average molecular weight is 406 g/mol. The number of hydrogen-bond donors (Lipinski definition) is 0. The van der Waals surface area contributed by atoms with Crippen LogP contribution < -0.4 is 4.74 Å². The fourth-order valence-electron chi connectivity index (χ4n) is 4.86. The summed E-state index contributed by atoms with van der Waals surface area (Å²) in [4.78, 5) is 15.8. The van der Waals surface area contributed by atoms with Gasteiger partial charge in [0, 0.05) is 17.5 Å². The molecule has 158 valence electrons. The minimum Gasteiger partial charge on any atom is -0.492 e. The molecule has 0 bridgehead atoms. The number of ether oxygens (including phenoxy) is 1. The summed E-state index contributed by atoms with van der Waals surface area (Å²) in [5, 5.41) is 0.911. The van der Waals surface area contributed by atoms with E-state index in [1.54, 1.807) is 0 Å². The third-order valence-electron chi connectivity index (χ3n) is 6.79. The van der Waals surface area contributed by atoms with Gasteiger partial charge >= 0.3 is 0 Å². The number of benzene rings is 2. The molecule has 1 heterocycles. The van der Waals surface area contributed by atoms with Gasteiger partial charge in [0.15, 0.2) is 5.78 Å². The number of para-hydroxylation sites is 1. The topological polar surface area (TPSA) is 42.7 Å². The van der Waals surface area contributed by atoms with Crippen molar-refractivity contribution in [1.82, 2.24) is 4.90 Å². The molecule has 30 heavy (non-hydrogen) atoms. The maximum Gasteiger partial charge on any atom is 0.197 e. The summed E-state index contributed by atoms with van der Waals surface area (Å²) in [6, 6.07) is 13.8. The number of likely N-dealkylation sites (N-methyl/N-ethyl adjacent to an activating group) is 1. The van der Waals surface area contributed by atoms with Crippen molar-refractivity contribution in [3.63, 3.8) is 0 Å². The molecule has 0 fully saturated rings. The predicted octanol–water partition coefficient (Wildman–Crippen LogP) is 5.80. The number of fused-ring (bicyclic) bond motifs is 4. The minimum atomic E-state index is -0.324. The van der Waals surface area contributed by atoms with E-state index in [-0.39, 0.29) is 11.2 Å². The monoisotopic (exact) mass is 405 g/mol. The van der Waals surface area contributed by atoms with Crippen LogP contribution in [0.3, 0.4) is 0 Å². The first-order valence-corrected chi connectivity index (χ1v) is 11.2. The lowest BCUT2D eigenvalue weighted by Gasteiger charge is -2.36. The summed E-state index contributed by atoms with van der Waals surface area (Å²) in [7, 11) is 0. The van der Waals surface area contributed by atoms with Crippen molar-refractivity contribution in [3.05, 3.63) is 64.9 Å².